The molecule has 0 amide bonds. The Bertz CT molecular complexity index is 276. The lowest BCUT2D eigenvalue weighted by Crippen LogP contribution is -1.95. The second-order valence-corrected chi connectivity index (χ2v) is 3.61. The number of aromatic nitrogens is 3. The molecule has 0 atom stereocenters. The van der Waals surface area contributed by atoms with E-state index in [1.54, 1.807) is 11.8 Å². The van der Waals surface area contributed by atoms with Crippen molar-refractivity contribution in [2.24, 2.45) is 0 Å². The number of nitrogens with zero attached hydrogens (tertiary/aromatic N) is 2. The van der Waals surface area contributed by atoms with Gasteiger partial charge in [0.05, 0.1) is 0 Å². The molecule has 1 rings (SSSR count). The van der Waals surface area contributed by atoms with Gasteiger partial charge in [-0.1, -0.05) is 18.7 Å². The fourth-order valence-corrected chi connectivity index (χ4v) is 1.88. The molecule has 0 unspecified atom stereocenters. The van der Waals surface area contributed by atoms with Gasteiger partial charge in [0.15, 0.2) is 9.93 Å². The second-order valence-electron chi connectivity index (χ2n) is 1.99. The standard InChI is InChI=1S/C6H11N3S2/c1-3-9-5(10)7-8-6(9)11-4-2/h3-4H2,1-2H3,(H,7,10). The van der Waals surface area contributed by atoms with Crippen molar-refractivity contribution in [3.8, 4) is 0 Å². The lowest BCUT2D eigenvalue weighted by Gasteiger charge is -1.98. The van der Waals surface area contributed by atoms with Gasteiger partial charge in [-0.2, -0.15) is 0 Å². The predicted octanol–water partition coefficient (Wildman–Crippen LogP) is 2.07. The molecule has 0 spiro atoms. The Morgan fingerprint density at radius 2 is 2.36 bits per heavy atom. The van der Waals surface area contributed by atoms with Gasteiger partial charge in [-0.15, -0.1) is 5.10 Å². The number of aromatic amines is 1. The topological polar surface area (TPSA) is 33.6 Å². The van der Waals surface area contributed by atoms with Crippen molar-refractivity contribution >= 4 is 24.0 Å². The fourth-order valence-electron chi connectivity index (χ4n) is 0.821. The van der Waals surface area contributed by atoms with Gasteiger partial charge in [0.1, 0.15) is 0 Å². The quantitative estimate of drug-likeness (QED) is 0.584. The van der Waals surface area contributed by atoms with Gasteiger partial charge in [0.25, 0.3) is 0 Å². The summed E-state index contributed by atoms with van der Waals surface area (Å²) in [6, 6.07) is 0. The van der Waals surface area contributed by atoms with E-state index in [0.717, 1.165) is 17.5 Å². The van der Waals surface area contributed by atoms with E-state index in [0.29, 0.717) is 4.77 Å². The van der Waals surface area contributed by atoms with Crippen molar-refractivity contribution in [2.75, 3.05) is 5.75 Å². The zero-order chi connectivity index (χ0) is 8.27. The van der Waals surface area contributed by atoms with Crippen molar-refractivity contribution in [1.29, 1.82) is 0 Å². The minimum absolute atomic E-state index is 0.712. The molecule has 62 valence electrons. The Labute approximate surface area is 75.2 Å². The third kappa shape index (κ3) is 1.84. The maximum absolute atomic E-state index is 5.02. The first kappa shape index (κ1) is 8.80. The molecule has 0 radical (unpaired) electrons. The van der Waals surface area contributed by atoms with Crippen LogP contribution in [0.2, 0.25) is 0 Å². The number of nitrogens with one attached hydrogen (secondary N) is 1. The molecule has 1 heterocycles. The van der Waals surface area contributed by atoms with E-state index in [1.807, 2.05) is 4.57 Å². The highest BCUT2D eigenvalue weighted by Gasteiger charge is 2.01. The molecule has 1 aromatic rings. The highest BCUT2D eigenvalue weighted by molar-refractivity contribution is 7.99. The first-order valence-electron chi connectivity index (χ1n) is 3.57. The summed E-state index contributed by atoms with van der Waals surface area (Å²) in [5, 5.41) is 7.84. The molecule has 1 N–H and O–H groups in total. The molecule has 0 aromatic carbocycles. The van der Waals surface area contributed by atoms with Gasteiger partial charge in [0, 0.05) is 6.54 Å². The number of hydrogen-bond donors (Lipinski definition) is 1. The summed E-state index contributed by atoms with van der Waals surface area (Å²) in [4.78, 5) is 0. The summed E-state index contributed by atoms with van der Waals surface area (Å²) < 4.78 is 2.70. The van der Waals surface area contributed by atoms with Crippen LogP contribution in [0.3, 0.4) is 0 Å². The summed E-state index contributed by atoms with van der Waals surface area (Å²) in [6.07, 6.45) is 0. The smallest absolute Gasteiger partial charge is 0.195 e. The Kier molecular flexibility index (Phi) is 3.14. The normalized spacial score (nSPS) is 10.4. The fraction of sp³-hybridized carbons (Fsp3) is 0.667. The summed E-state index contributed by atoms with van der Waals surface area (Å²) in [7, 11) is 0. The highest BCUT2D eigenvalue weighted by atomic mass is 32.2. The third-order valence-corrected chi connectivity index (χ3v) is 2.48. The number of H-pyrrole nitrogens is 1. The van der Waals surface area contributed by atoms with E-state index >= 15 is 0 Å². The monoisotopic (exact) mass is 189 g/mol. The molecule has 1 aromatic heterocycles. The lowest BCUT2D eigenvalue weighted by molar-refractivity contribution is 0.673. The molecule has 0 saturated carbocycles. The average molecular weight is 189 g/mol. The molecular formula is C6H11N3S2. The molecule has 11 heavy (non-hydrogen) atoms. The molecule has 5 heteroatoms. The van der Waals surface area contributed by atoms with Gasteiger partial charge in [-0.05, 0) is 24.9 Å². The first-order valence-corrected chi connectivity index (χ1v) is 4.97. The van der Waals surface area contributed by atoms with Gasteiger partial charge >= 0.3 is 0 Å². The maximum Gasteiger partial charge on any atom is 0.195 e. The first-order chi connectivity index (χ1) is 5.29. The third-order valence-electron chi connectivity index (χ3n) is 1.31. The zero-order valence-electron chi connectivity index (χ0n) is 6.63. The van der Waals surface area contributed by atoms with Crippen LogP contribution in [-0.4, -0.2) is 20.5 Å². The summed E-state index contributed by atoms with van der Waals surface area (Å²) >= 11 is 6.72. The summed E-state index contributed by atoms with van der Waals surface area (Å²) in [5.74, 6) is 1.03. The van der Waals surface area contributed by atoms with Crippen LogP contribution >= 0.6 is 24.0 Å². The number of hydrogen-bond acceptors (Lipinski definition) is 3. The number of rotatable bonds is 3. The van der Waals surface area contributed by atoms with E-state index in [2.05, 4.69) is 24.0 Å². The van der Waals surface area contributed by atoms with Crippen molar-refractivity contribution in [3.05, 3.63) is 4.77 Å². The second kappa shape index (κ2) is 3.92. The van der Waals surface area contributed by atoms with Gasteiger partial charge in [-0.3, -0.25) is 9.67 Å². The Morgan fingerprint density at radius 3 is 2.91 bits per heavy atom. The molecule has 0 bridgehead atoms. The SMILES string of the molecule is CCSc1n[nH]c(=S)n1CC. The van der Waals surface area contributed by atoms with Crippen molar-refractivity contribution in [2.45, 2.75) is 25.5 Å². The van der Waals surface area contributed by atoms with Gasteiger partial charge in [0.2, 0.25) is 0 Å². The molecule has 0 fully saturated rings. The van der Waals surface area contributed by atoms with Crippen molar-refractivity contribution in [3.63, 3.8) is 0 Å². The maximum atomic E-state index is 5.02. The van der Waals surface area contributed by atoms with Crippen molar-refractivity contribution in [1.82, 2.24) is 14.8 Å². The van der Waals surface area contributed by atoms with Crippen LogP contribution in [0.15, 0.2) is 5.16 Å². The van der Waals surface area contributed by atoms with Crippen LogP contribution in [-0.2, 0) is 6.54 Å². The van der Waals surface area contributed by atoms with E-state index in [-0.39, 0.29) is 0 Å². The molecule has 0 aliphatic rings. The Morgan fingerprint density at radius 1 is 1.64 bits per heavy atom. The minimum atomic E-state index is 0.712. The summed E-state index contributed by atoms with van der Waals surface area (Å²) in [5.41, 5.74) is 0. The molecule has 0 aliphatic carbocycles. The van der Waals surface area contributed by atoms with Gasteiger partial charge in [-0.25, -0.2) is 0 Å². The lowest BCUT2D eigenvalue weighted by atomic mass is 10.7. The van der Waals surface area contributed by atoms with Crippen LogP contribution in [0.25, 0.3) is 0 Å². The highest BCUT2D eigenvalue weighted by Crippen LogP contribution is 2.13. The van der Waals surface area contributed by atoms with Gasteiger partial charge < -0.3 is 0 Å². The zero-order valence-corrected chi connectivity index (χ0v) is 8.26. The Hall–Kier alpha value is -0.290. The molecule has 3 nitrogen and oxygen atoms in total. The van der Waals surface area contributed by atoms with E-state index in [9.17, 15) is 0 Å². The van der Waals surface area contributed by atoms with E-state index in [1.165, 1.54) is 0 Å². The van der Waals surface area contributed by atoms with E-state index < -0.39 is 0 Å². The van der Waals surface area contributed by atoms with Crippen LogP contribution < -0.4 is 0 Å². The van der Waals surface area contributed by atoms with Crippen LogP contribution in [0.1, 0.15) is 13.8 Å². The van der Waals surface area contributed by atoms with Crippen LogP contribution in [0.5, 0.6) is 0 Å². The minimum Gasteiger partial charge on any atom is -0.295 e. The number of thioether (sulfide) groups is 1. The summed E-state index contributed by atoms with van der Waals surface area (Å²) in [6.45, 7) is 5.05. The molecule has 0 aliphatic heterocycles. The van der Waals surface area contributed by atoms with Crippen molar-refractivity contribution < 1.29 is 0 Å². The Balaban J connectivity index is 2.96. The molecule has 0 saturated heterocycles. The van der Waals surface area contributed by atoms with Crippen LogP contribution in [0.4, 0.5) is 0 Å². The largest absolute Gasteiger partial charge is 0.295 e. The average Bonchev–Trinajstić information content (AvgIpc) is 2.33. The predicted molar refractivity (Wildman–Crippen MR) is 49.5 cm³/mol. The van der Waals surface area contributed by atoms with E-state index in [4.69, 9.17) is 12.2 Å². The van der Waals surface area contributed by atoms with Crippen LogP contribution in [0, 0.1) is 4.77 Å². The molecular weight excluding hydrogens is 178 g/mol.